The van der Waals surface area contributed by atoms with Crippen molar-refractivity contribution >= 4 is 35.1 Å². The molecular weight excluding hydrogens is 592 g/mol. The van der Waals surface area contributed by atoms with Crippen molar-refractivity contribution in [1.82, 2.24) is 0 Å². The molecule has 1 fully saturated rings. The molecular formula is C39H28N2O6. The van der Waals surface area contributed by atoms with Gasteiger partial charge in [-0.05, 0) is 82.9 Å². The summed E-state index contributed by atoms with van der Waals surface area (Å²) in [6.07, 6.45) is 0. The molecule has 8 nitrogen and oxygen atoms in total. The number of carbonyl (C=O) groups excluding carboxylic acids is 4. The highest BCUT2D eigenvalue weighted by molar-refractivity contribution is 6.23. The lowest BCUT2D eigenvalue weighted by Gasteiger charge is -2.45. The zero-order valence-corrected chi connectivity index (χ0v) is 25.0. The molecule has 1 N–H and O–H groups in total. The third kappa shape index (κ3) is 4.86. The van der Waals surface area contributed by atoms with E-state index < -0.39 is 30.3 Å². The summed E-state index contributed by atoms with van der Waals surface area (Å²) in [5, 5.41) is 2.69. The molecule has 0 saturated carbocycles. The highest BCUT2D eigenvalue weighted by Gasteiger charge is 2.61. The standard InChI is InChI=1S/C39H28N2O6/c42-32(40-24-16-20-27(21-17-24)47-26-8-2-1-3-9-26)22-46-39(45)23-14-18-25(19-15-23)41-37(43)35-33-28-10-4-5-11-29(28)34(36(35)38(41)44)31-13-7-6-12-30(31)33/h1-21,33-36H,22H2,(H,40,42)/t33?,34?,35-,36-/m1/s1. The van der Waals surface area contributed by atoms with Crippen molar-refractivity contribution in [2.45, 2.75) is 11.8 Å². The fourth-order valence-electron chi connectivity index (χ4n) is 7.32. The van der Waals surface area contributed by atoms with E-state index in [-0.39, 0.29) is 29.2 Å². The average molecular weight is 621 g/mol. The summed E-state index contributed by atoms with van der Waals surface area (Å²) in [5.41, 5.74) is 5.55. The van der Waals surface area contributed by atoms with Crippen LogP contribution in [0.2, 0.25) is 0 Å². The number of amides is 3. The Balaban J connectivity index is 0.923. The number of anilines is 2. The van der Waals surface area contributed by atoms with Crippen LogP contribution in [-0.2, 0) is 19.1 Å². The van der Waals surface area contributed by atoms with Crippen LogP contribution in [0.25, 0.3) is 0 Å². The summed E-state index contributed by atoms with van der Waals surface area (Å²) in [5.74, 6) is -1.72. The minimum absolute atomic E-state index is 0.195. The van der Waals surface area contributed by atoms with Crippen molar-refractivity contribution in [2.75, 3.05) is 16.8 Å². The van der Waals surface area contributed by atoms with E-state index in [4.69, 9.17) is 9.47 Å². The summed E-state index contributed by atoms with van der Waals surface area (Å²) < 4.78 is 11.0. The van der Waals surface area contributed by atoms with E-state index in [1.807, 2.05) is 54.6 Å². The Bertz CT molecular complexity index is 1930. The average Bonchev–Trinajstić information content (AvgIpc) is 3.38. The lowest BCUT2D eigenvalue weighted by atomic mass is 9.55. The van der Waals surface area contributed by atoms with Gasteiger partial charge in [0.1, 0.15) is 11.5 Å². The molecule has 5 aromatic rings. The highest BCUT2D eigenvalue weighted by atomic mass is 16.5. The van der Waals surface area contributed by atoms with Crippen LogP contribution in [-0.4, -0.2) is 30.3 Å². The summed E-state index contributed by atoms with van der Waals surface area (Å²) in [6, 6.07) is 38.5. The fourth-order valence-corrected chi connectivity index (χ4v) is 7.32. The van der Waals surface area contributed by atoms with Crippen LogP contribution >= 0.6 is 0 Å². The first kappa shape index (κ1) is 28.5. The number of esters is 1. The SMILES string of the molecule is O=C(COC(=O)c1ccc(N2C(=O)[C@@H]3C4c5ccccc5C(c5ccccc54)[C@H]3C2=O)cc1)Nc1ccc(Oc2ccccc2)cc1. The molecule has 4 aliphatic rings. The summed E-state index contributed by atoms with van der Waals surface area (Å²) >= 11 is 0. The van der Waals surface area contributed by atoms with Crippen molar-refractivity contribution in [3.63, 3.8) is 0 Å². The summed E-state index contributed by atoms with van der Waals surface area (Å²) in [6.45, 7) is -0.487. The number of imide groups is 1. The molecule has 5 aromatic carbocycles. The van der Waals surface area contributed by atoms with Crippen molar-refractivity contribution in [3.05, 3.63) is 155 Å². The molecule has 2 bridgehead atoms. The zero-order chi connectivity index (χ0) is 32.1. The van der Waals surface area contributed by atoms with E-state index in [0.29, 0.717) is 22.9 Å². The van der Waals surface area contributed by atoms with Gasteiger partial charge in [-0.15, -0.1) is 0 Å². The van der Waals surface area contributed by atoms with Crippen molar-refractivity contribution in [2.24, 2.45) is 11.8 Å². The minimum atomic E-state index is -0.699. The van der Waals surface area contributed by atoms with Gasteiger partial charge in [-0.25, -0.2) is 9.69 Å². The molecule has 0 aromatic heterocycles. The number of rotatable bonds is 7. The normalized spacial score (nSPS) is 20.2. The molecule has 0 spiro atoms. The van der Waals surface area contributed by atoms with E-state index in [1.54, 1.807) is 36.4 Å². The Morgan fingerprint density at radius 1 is 0.596 bits per heavy atom. The Kier molecular flexibility index (Phi) is 6.90. The second-order valence-corrected chi connectivity index (χ2v) is 11.9. The quantitative estimate of drug-likeness (QED) is 0.161. The number of hydrogen-bond acceptors (Lipinski definition) is 6. The molecule has 3 amide bonds. The molecule has 1 aliphatic heterocycles. The lowest BCUT2D eigenvalue weighted by Crippen LogP contribution is -2.41. The predicted molar refractivity (Wildman–Crippen MR) is 174 cm³/mol. The van der Waals surface area contributed by atoms with Crippen LogP contribution in [0.15, 0.2) is 127 Å². The first-order chi connectivity index (χ1) is 23.0. The van der Waals surface area contributed by atoms with Crippen LogP contribution in [0.3, 0.4) is 0 Å². The Labute approximate surface area is 270 Å². The molecule has 1 heterocycles. The van der Waals surface area contributed by atoms with Gasteiger partial charge < -0.3 is 14.8 Å². The third-order valence-electron chi connectivity index (χ3n) is 9.26. The lowest BCUT2D eigenvalue weighted by molar-refractivity contribution is -0.122. The molecule has 0 unspecified atom stereocenters. The van der Waals surface area contributed by atoms with Crippen molar-refractivity contribution in [3.8, 4) is 11.5 Å². The number of benzene rings is 5. The maximum Gasteiger partial charge on any atom is 0.338 e. The van der Waals surface area contributed by atoms with Crippen molar-refractivity contribution in [1.29, 1.82) is 0 Å². The first-order valence-corrected chi connectivity index (χ1v) is 15.4. The van der Waals surface area contributed by atoms with Crippen molar-refractivity contribution < 1.29 is 28.7 Å². The van der Waals surface area contributed by atoms with Gasteiger partial charge in [-0.1, -0.05) is 66.7 Å². The monoisotopic (exact) mass is 620 g/mol. The molecule has 3 aliphatic carbocycles. The highest BCUT2D eigenvalue weighted by Crippen LogP contribution is 2.61. The predicted octanol–water partition coefficient (Wildman–Crippen LogP) is 6.67. The van der Waals surface area contributed by atoms with Gasteiger partial charge >= 0.3 is 5.97 Å². The van der Waals surface area contributed by atoms with Crippen LogP contribution in [0.4, 0.5) is 11.4 Å². The molecule has 230 valence electrons. The van der Waals surface area contributed by atoms with E-state index in [9.17, 15) is 19.2 Å². The van der Waals surface area contributed by atoms with E-state index in [0.717, 1.165) is 22.3 Å². The van der Waals surface area contributed by atoms with Crippen LogP contribution < -0.4 is 15.0 Å². The smallest absolute Gasteiger partial charge is 0.338 e. The zero-order valence-electron chi connectivity index (χ0n) is 25.0. The van der Waals surface area contributed by atoms with Crippen LogP contribution in [0, 0.1) is 11.8 Å². The molecule has 2 atom stereocenters. The molecule has 9 rings (SSSR count). The third-order valence-corrected chi connectivity index (χ3v) is 9.26. The van der Waals surface area contributed by atoms with Gasteiger partial charge in [-0.2, -0.15) is 0 Å². The van der Waals surface area contributed by atoms with Gasteiger partial charge in [0.2, 0.25) is 11.8 Å². The fraction of sp³-hybridized carbons (Fsp3) is 0.128. The summed E-state index contributed by atoms with van der Waals surface area (Å²) in [4.78, 5) is 54.4. The molecule has 47 heavy (non-hydrogen) atoms. The molecule has 0 radical (unpaired) electrons. The van der Waals surface area contributed by atoms with Crippen LogP contribution in [0.5, 0.6) is 11.5 Å². The number of carbonyl (C=O) groups is 4. The largest absolute Gasteiger partial charge is 0.457 e. The molecule has 8 heteroatoms. The number of nitrogens with one attached hydrogen (secondary N) is 1. The van der Waals surface area contributed by atoms with E-state index in [2.05, 4.69) is 29.6 Å². The van der Waals surface area contributed by atoms with E-state index >= 15 is 0 Å². The number of para-hydroxylation sites is 1. The maximum atomic E-state index is 14.0. The van der Waals surface area contributed by atoms with Gasteiger partial charge in [0.15, 0.2) is 6.61 Å². The first-order valence-electron chi connectivity index (χ1n) is 15.4. The molecule has 1 saturated heterocycles. The second kappa shape index (κ2) is 11.4. The van der Waals surface area contributed by atoms with Gasteiger partial charge in [0, 0.05) is 17.5 Å². The number of hydrogen-bond donors (Lipinski definition) is 1. The summed E-state index contributed by atoms with van der Waals surface area (Å²) in [7, 11) is 0. The maximum absolute atomic E-state index is 14.0. The Morgan fingerprint density at radius 3 is 1.62 bits per heavy atom. The van der Waals surface area contributed by atoms with Gasteiger partial charge in [0.25, 0.3) is 5.91 Å². The second-order valence-electron chi connectivity index (χ2n) is 11.9. The van der Waals surface area contributed by atoms with Gasteiger partial charge in [-0.3, -0.25) is 14.4 Å². The Morgan fingerprint density at radius 2 is 1.09 bits per heavy atom. The Hall–Kier alpha value is -6.02. The topological polar surface area (TPSA) is 102 Å². The minimum Gasteiger partial charge on any atom is -0.457 e. The van der Waals surface area contributed by atoms with E-state index in [1.165, 1.54) is 17.0 Å². The van der Waals surface area contributed by atoms with Gasteiger partial charge in [0.05, 0.1) is 23.1 Å². The van der Waals surface area contributed by atoms with Crippen LogP contribution in [0.1, 0.15) is 44.4 Å². The number of nitrogens with zero attached hydrogens (tertiary/aromatic N) is 1. The number of ether oxygens (including phenoxy) is 2.